The molecule has 1 amide bonds. The van der Waals surface area contributed by atoms with Crippen LogP contribution in [-0.4, -0.2) is 12.0 Å². The second-order valence-corrected chi connectivity index (χ2v) is 5.92. The van der Waals surface area contributed by atoms with Gasteiger partial charge in [0.2, 0.25) is 0 Å². The third kappa shape index (κ3) is 4.90. The van der Waals surface area contributed by atoms with E-state index in [2.05, 4.69) is 21.2 Å². The topological polar surface area (TPSA) is 38.3 Å². The molecule has 2 rings (SSSR count). The van der Waals surface area contributed by atoms with Gasteiger partial charge in [-0.1, -0.05) is 28.1 Å². The van der Waals surface area contributed by atoms with Crippen molar-refractivity contribution < 1.29 is 9.53 Å². The zero-order valence-electron chi connectivity index (χ0n) is 12.1. The summed E-state index contributed by atoms with van der Waals surface area (Å²) in [5.74, 6) is 0.762. The van der Waals surface area contributed by atoms with E-state index in [0.717, 1.165) is 15.8 Å². The first-order valence-electron chi connectivity index (χ1n) is 6.84. The number of halogens is 1. The number of nitrogens with one attached hydrogen (secondary N) is 1. The highest BCUT2D eigenvalue weighted by Crippen LogP contribution is 2.14. The summed E-state index contributed by atoms with van der Waals surface area (Å²) in [7, 11) is 0. The van der Waals surface area contributed by atoms with Crippen molar-refractivity contribution in [1.29, 1.82) is 0 Å². The summed E-state index contributed by atoms with van der Waals surface area (Å²) < 4.78 is 6.54. The standard InChI is InChI=1S/C17H18BrNO2/c1-12(2)21-16-9-3-13(4-10-16)11-19-17(20)14-5-7-15(18)8-6-14/h3-10,12H,11H2,1-2H3,(H,19,20). The SMILES string of the molecule is CC(C)Oc1ccc(CNC(=O)c2ccc(Br)cc2)cc1. The summed E-state index contributed by atoms with van der Waals surface area (Å²) in [6, 6.07) is 15.0. The molecular formula is C17H18BrNO2. The Morgan fingerprint density at radius 2 is 1.71 bits per heavy atom. The quantitative estimate of drug-likeness (QED) is 0.881. The zero-order chi connectivity index (χ0) is 15.2. The first-order chi connectivity index (χ1) is 10.0. The third-order valence-corrected chi connectivity index (χ3v) is 3.38. The van der Waals surface area contributed by atoms with Crippen LogP contribution in [0.4, 0.5) is 0 Å². The Morgan fingerprint density at radius 1 is 1.10 bits per heavy atom. The van der Waals surface area contributed by atoms with Crippen LogP contribution in [0.5, 0.6) is 5.75 Å². The Kier molecular flexibility index (Phi) is 5.39. The molecule has 0 spiro atoms. The summed E-state index contributed by atoms with van der Waals surface area (Å²) in [6.45, 7) is 4.48. The summed E-state index contributed by atoms with van der Waals surface area (Å²) in [5, 5.41) is 2.90. The second-order valence-electron chi connectivity index (χ2n) is 5.00. The second kappa shape index (κ2) is 7.27. The molecule has 2 aromatic rings. The van der Waals surface area contributed by atoms with Crippen molar-refractivity contribution in [2.45, 2.75) is 26.5 Å². The number of rotatable bonds is 5. The van der Waals surface area contributed by atoms with Crippen molar-refractivity contribution in [3.05, 3.63) is 64.1 Å². The van der Waals surface area contributed by atoms with Crippen molar-refractivity contribution in [3.8, 4) is 5.75 Å². The molecule has 0 atom stereocenters. The van der Waals surface area contributed by atoms with E-state index in [1.54, 1.807) is 12.1 Å². The third-order valence-electron chi connectivity index (χ3n) is 2.85. The van der Waals surface area contributed by atoms with Gasteiger partial charge in [0.15, 0.2) is 0 Å². The lowest BCUT2D eigenvalue weighted by Gasteiger charge is -2.10. The smallest absolute Gasteiger partial charge is 0.251 e. The average Bonchev–Trinajstić information content (AvgIpc) is 2.46. The van der Waals surface area contributed by atoms with Crippen LogP contribution in [0.15, 0.2) is 53.0 Å². The number of amides is 1. The maximum Gasteiger partial charge on any atom is 0.251 e. The predicted molar refractivity (Wildman–Crippen MR) is 87.5 cm³/mol. The van der Waals surface area contributed by atoms with Crippen LogP contribution in [-0.2, 0) is 6.54 Å². The Bertz CT molecular complexity index is 591. The molecule has 0 aliphatic heterocycles. The summed E-state index contributed by atoms with van der Waals surface area (Å²) in [5.41, 5.74) is 1.69. The van der Waals surface area contributed by atoms with Crippen LogP contribution in [0.1, 0.15) is 29.8 Å². The minimum absolute atomic E-state index is 0.0787. The molecule has 1 N–H and O–H groups in total. The number of hydrogen-bond donors (Lipinski definition) is 1. The fourth-order valence-electron chi connectivity index (χ4n) is 1.84. The highest BCUT2D eigenvalue weighted by atomic mass is 79.9. The van der Waals surface area contributed by atoms with Gasteiger partial charge in [-0.25, -0.2) is 0 Å². The summed E-state index contributed by atoms with van der Waals surface area (Å²) in [6.07, 6.45) is 0.160. The van der Waals surface area contributed by atoms with Crippen molar-refractivity contribution in [2.24, 2.45) is 0 Å². The first-order valence-corrected chi connectivity index (χ1v) is 7.63. The summed E-state index contributed by atoms with van der Waals surface area (Å²) >= 11 is 3.35. The largest absolute Gasteiger partial charge is 0.491 e. The van der Waals surface area contributed by atoms with Crippen LogP contribution in [0.2, 0.25) is 0 Å². The molecular weight excluding hydrogens is 330 g/mol. The molecule has 0 fully saturated rings. The lowest BCUT2D eigenvalue weighted by molar-refractivity contribution is 0.0951. The Balaban J connectivity index is 1.90. The molecule has 4 heteroatoms. The number of hydrogen-bond acceptors (Lipinski definition) is 2. The van der Waals surface area contributed by atoms with Gasteiger partial charge in [0, 0.05) is 16.6 Å². The van der Waals surface area contributed by atoms with Crippen molar-refractivity contribution >= 4 is 21.8 Å². The van der Waals surface area contributed by atoms with Gasteiger partial charge < -0.3 is 10.1 Å². The Hall–Kier alpha value is -1.81. The molecule has 21 heavy (non-hydrogen) atoms. The van der Waals surface area contributed by atoms with Gasteiger partial charge in [-0.3, -0.25) is 4.79 Å². The van der Waals surface area contributed by atoms with Gasteiger partial charge >= 0.3 is 0 Å². The number of carbonyl (C=O) groups excluding carboxylic acids is 1. The molecule has 0 saturated heterocycles. The van der Waals surface area contributed by atoms with E-state index >= 15 is 0 Å². The van der Waals surface area contributed by atoms with Crippen LogP contribution >= 0.6 is 15.9 Å². The zero-order valence-corrected chi connectivity index (χ0v) is 13.7. The van der Waals surface area contributed by atoms with Crippen LogP contribution in [0, 0.1) is 0 Å². The maximum absolute atomic E-state index is 12.0. The van der Waals surface area contributed by atoms with E-state index in [1.165, 1.54) is 0 Å². The normalized spacial score (nSPS) is 10.5. The van der Waals surface area contributed by atoms with Gasteiger partial charge in [0.25, 0.3) is 5.91 Å². The number of carbonyl (C=O) groups is 1. The monoisotopic (exact) mass is 347 g/mol. The van der Waals surface area contributed by atoms with Crippen LogP contribution < -0.4 is 10.1 Å². The number of ether oxygens (including phenoxy) is 1. The minimum atomic E-state index is -0.0787. The molecule has 0 bridgehead atoms. The summed E-state index contributed by atoms with van der Waals surface area (Å²) in [4.78, 5) is 12.0. The lowest BCUT2D eigenvalue weighted by Crippen LogP contribution is -2.22. The van der Waals surface area contributed by atoms with Crippen LogP contribution in [0.25, 0.3) is 0 Å². The molecule has 0 saturated carbocycles. The number of benzene rings is 2. The molecule has 2 aromatic carbocycles. The van der Waals surface area contributed by atoms with Gasteiger partial charge in [0.1, 0.15) is 5.75 Å². The van der Waals surface area contributed by atoms with Gasteiger partial charge in [0.05, 0.1) is 6.10 Å². The van der Waals surface area contributed by atoms with Gasteiger partial charge in [-0.15, -0.1) is 0 Å². The molecule has 0 radical (unpaired) electrons. The first kappa shape index (κ1) is 15.6. The fourth-order valence-corrected chi connectivity index (χ4v) is 2.11. The lowest BCUT2D eigenvalue weighted by atomic mass is 10.2. The Morgan fingerprint density at radius 3 is 2.29 bits per heavy atom. The molecule has 0 aliphatic rings. The van der Waals surface area contributed by atoms with E-state index in [9.17, 15) is 4.79 Å². The van der Waals surface area contributed by atoms with E-state index in [4.69, 9.17) is 4.74 Å². The molecule has 0 heterocycles. The average molecular weight is 348 g/mol. The highest BCUT2D eigenvalue weighted by Gasteiger charge is 2.05. The minimum Gasteiger partial charge on any atom is -0.491 e. The fraction of sp³-hybridized carbons (Fsp3) is 0.235. The highest BCUT2D eigenvalue weighted by molar-refractivity contribution is 9.10. The van der Waals surface area contributed by atoms with Gasteiger partial charge in [-0.05, 0) is 55.8 Å². The molecule has 0 aliphatic carbocycles. The Labute approximate surface area is 133 Å². The van der Waals surface area contributed by atoms with Gasteiger partial charge in [-0.2, -0.15) is 0 Å². The van der Waals surface area contributed by atoms with Crippen molar-refractivity contribution in [1.82, 2.24) is 5.32 Å². The van der Waals surface area contributed by atoms with Crippen molar-refractivity contribution in [2.75, 3.05) is 0 Å². The van der Waals surface area contributed by atoms with E-state index < -0.39 is 0 Å². The molecule has 3 nitrogen and oxygen atoms in total. The predicted octanol–water partition coefficient (Wildman–Crippen LogP) is 4.17. The molecule has 0 aromatic heterocycles. The van der Waals surface area contributed by atoms with E-state index in [-0.39, 0.29) is 12.0 Å². The van der Waals surface area contributed by atoms with E-state index in [1.807, 2.05) is 50.2 Å². The van der Waals surface area contributed by atoms with Crippen molar-refractivity contribution in [3.63, 3.8) is 0 Å². The molecule has 0 unspecified atom stereocenters. The molecule has 110 valence electrons. The van der Waals surface area contributed by atoms with Crippen LogP contribution in [0.3, 0.4) is 0 Å². The van der Waals surface area contributed by atoms with E-state index in [0.29, 0.717) is 12.1 Å². The maximum atomic E-state index is 12.0.